The average molecular weight is 542 g/mol. The van der Waals surface area contributed by atoms with E-state index in [4.69, 9.17) is 14.2 Å². The monoisotopic (exact) mass is 541 g/mol. The second kappa shape index (κ2) is 12.7. The maximum Gasteiger partial charge on any atom is 0.118 e. The maximum atomic E-state index is 15.0. The minimum absolute atomic E-state index is 0.131. The molecule has 3 rings (SSSR count). The number of ether oxygens (including phenoxy) is 3. The summed E-state index contributed by atoms with van der Waals surface area (Å²) in [4.78, 5) is 7.08. The van der Waals surface area contributed by atoms with Crippen LogP contribution < -0.4 is 0 Å². The molecule has 3 fully saturated rings. The lowest BCUT2D eigenvalue weighted by Crippen LogP contribution is -2.58. The van der Waals surface area contributed by atoms with Crippen LogP contribution in [0.4, 0.5) is 4.39 Å². The van der Waals surface area contributed by atoms with Crippen LogP contribution in [0.5, 0.6) is 0 Å². The molecule has 224 valence electrons. The number of nitrogens with zero attached hydrogens (tertiary/aromatic N) is 3. The molecule has 0 radical (unpaired) electrons. The van der Waals surface area contributed by atoms with Gasteiger partial charge in [0.2, 0.25) is 0 Å². The second-order valence-electron chi connectivity index (χ2n) is 15.2. The zero-order valence-electron chi connectivity index (χ0n) is 26.4. The Morgan fingerprint density at radius 2 is 1.55 bits per heavy atom. The van der Waals surface area contributed by atoms with Gasteiger partial charge in [0.05, 0.1) is 35.6 Å². The first kappa shape index (κ1) is 32.2. The molecule has 4 atom stereocenters. The van der Waals surface area contributed by atoms with Crippen LogP contribution in [-0.2, 0) is 14.2 Å². The van der Waals surface area contributed by atoms with Crippen molar-refractivity contribution in [2.24, 2.45) is 5.92 Å². The molecule has 3 heterocycles. The Hall–Kier alpha value is -0.310. The van der Waals surface area contributed by atoms with Crippen molar-refractivity contribution in [2.75, 3.05) is 59.5 Å². The summed E-state index contributed by atoms with van der Waals surface area (Å²) in [7, 11) is 2.23. The molecule has 0 spiro atoms. The predicted molar refractivity (Wildman–Crippen MR) is 155 cm³/mol. The zero-order chi connectivity index (χ0) is 28.4. The van der Waals surface area contributed by atoms with Crippen molar-refractivity contribution in [3.63, 3.8) is 0 Å². The van der Waals surface area contributed by atoms with E-state index in [9.17, 15) is 4.39 Å². The maximum absolute atomic E-state index is 15.0. The van der Waals surface area contributed by atoms with Gasteiger partial charge < -0.3 is 24.0 Å². The molecule has 0 aliphatic carbocycles. The highest BCUT2D eigenvalue weighted by molar-refractivity contribution is 4.97. The normalized spacial score (nSPS) is 27.2. The van der Waals surface area contributed by atoms with Crippen molar-refractivity contribution in [1.29, 1.82) is 0 Å². The molecule has 0 N–H and O–H groups in total. The third-order valence-corrected chi connectivity index (χ3v) is 8.77. The highest BCUT2D eigenvalue weighted by atomic mass is 19.1. The standard InChI is InChI=1S/C31H60FN3O3/c1-28(2,3)37-23-25-13-17-35(25)22-26(32)24-20-34(21-24)18-19-36-30(7,8)14-15-31(9,38-29(4,5)6)27-12-11-16-33(27)10/h24-27H,11-23H2,1-10H3/t25-,26?,27?,31?/m1/s1. The summed E-state index contributed by atoms with van der Waals surface area (Å²) in [6.45, 7) is 26.1. The van der Waals surface area contributed by atoms with E-state index in [1.165, 1.54) is 12.8 Å². The van der Waals surface area contributed by atoms with Crippen LogP contribution in [-0.4, -0.2) is 115 Å². The topological polar surface area (TPSA) is 37.4 Å². The van der Waals surface area contributed by atoms with Gasteiger partial charge in [0.25, 0.3) is 0 Å². The summed E-state index contributed by atoms with van der Waals surface area (Å²) in [5.74, 6) is 0.145. The smallest absolute Gasteiger partial charge is 0.118 e. The van der Waals surface area contributed by atoms with Crippen LogP contribution in [0, 0.1) is 5.92 Å². The third kappa shape index (κ3) is 9.66. The largest absolute Gasteiger partial charge is 0.374 e. The molecule has 3 unspecified atom stereocenters. The highest BCUT2D eigenvalue weighted by Crippen LogP contribution is 2.37. The number of alkyl halides is 1. The molecule has 3 aliphatic heterocycles. The predicted octanol–water partition coefficient (Wildman–Crippen LogP) is 5.39. The van der Waals surface area contributed by atoms with Crippen molar-refractivity contribution in [1.82, 2.24) is 14.7 Å². The fraction of sp³-hybridized carbons (Fsp3) is 1.00. The van der Waals surface area contributed by atoms with E-state index >= 15 is 0 Å². The first-order valence-electron chi connectivity index (χ1n) is 15.3. The van der Waals surface area contributed by atoms with Gasteiger partial charge in [-0.05, 0) is 108 Å². The Bertz CT molecular complexity index is 731. The first-order chi connectivity index (χ1) is 17.5. The lowest BCUT2D eigenvalue weighted by molar-refractivity contribution is -0.163. The lowest BCUT2D eigenvalue weighted by atomic mass is 9.84. The van der Waals surface area contributed by atoms with Gasteiger partial charge in [0.15, 0.2) is 0 Å². The molecule has 0 amide bonds. The van der Waals surface area contributed by atoms with E-state index < -0.39 is 6.17 Å². The molecule has 0 aromatic rings. The van der Waals surface area contributed by atoms with Crippen LogP contribution in [0.1, 0.15) is 94.4 Å². The Morgan fingerprint density at radius 1 is 0.868 bits per heavy atom. The number of rotatable bonds is 14. The quantitative estimate of drug-likeness (QED) is 0.294. The summed E-state index contributed by atoms with van der Waals surface area (Å²) in [5.41, 5.74) is -0.718. The zero-order valence-corrected chi connectivity index (χ0v) is 26.4. The molecule has 0 aromatic heterocycles. The Kier molecular flexibility index (Phi) is 10.8. The van der Waals surface area contributed by atoms with E-state index in [0.717, 1.165) is 52.0 Å². The minimum atomic E-state index is -0.754. The van der Waals surface area contributed by atoms with Gasteiger partial charge in [0, 0.05) is 50.7 Å². The summed E-state index contributed by atoms with van der Waals surface area (Å²) >= 11 is 0. The molecular weight excluding hydrogens is 481 g/mol. The number of hydrogen-bond acceptors (Lipinski definition) is 6. The van der Waals surface area contributed by atoms with Crippen LogP contribution in [0.2, 0.25) is 0 Å². The summed E-state index contributed by atoms with van der Waals surface area (Å²) < 4.78 is 34.0. The van der Waals surface area contributed by atoms with E-state index in [1.54, 1.807) is 0 Å². The van der Waals surface area contributed by atoms with E-state index in [1.807, 2.05) is 0 Å². The van der Waals surface area contributed by atoms with Gasteiger partial charge in [-0.3, -0.25) is 4.90 Å². The second-order valence-corrected chi connectivity index (χ2v) is 15.2. The summed E-state index contributed by atoms with van der Waals surface area (Å²) in [5, 5.41) is 0. The number of halogens is 1. The van der Waals surface area contributed by atoms with Gasteiger partial charge in [-0.15, -0.1) is 0 Å². The van der Waals surface area contributed by atoms with Gasteiger partial charge in [0.1, 0.15) is 6.17 Å². The first-order valence-corrected chi connectivity index (χ1v) is 15.3. The van der Waals surface area contributed by atoms with Crippen molar-refractivity contribution < 1.29 is 18.6 Å². The van der Waals surface area contributed by atoms with Gasteiger partial charge >= 0.3 is 0 Å². The van der Waals surface area contributed by atoms with Crippen molar-refractivity contribution in [3.05, 3.63) is 0 Å². The number of likely N-dealkylation sites (tertiary alicyclic amines) is 3. The van der Waals surface area contributed by atoms with Crippen molar-refractivity contribution in [3.8, 4) is 0 Å². The molecule has 7 heteroatoms. The average Bonchev–Trinajstić information content (AvgIpc) is 3.16. The third-order valence-electron chi connectivity index (χ3n) is 8.77. The Morgan fingerprint density at radius 3 is 2.08 bits per heavy atom. The fourth-order valence-corrected chi connectivity index (χ4v) is 6.40. The fourth-order valence-electron chi connectivity index (χ4n) is 6.40. The highest BCUT2D eigenvalue weighted by Gasteiger charge is 2.43. The molecule has 0 saturated carbocycles. The van der Waals surface area contributed by atoms with E-state index in [0.29, 0.717) is 31.8 Å². The van der Waals surface area contributed by atoms with Gasteiger partial charge in [-0.2, -0.15) is 0 Å². The SMILES string of the molecule is CN1CCCC1C(C)(CCC(C)(C)OCCN1CC(C(F)CN2CC[C@@H]2COC(C)(C)C)C1)OC(C)(C)C. The van der Waals surface area contributed by atoms with Gasteiger partial charge in [-0.1, -0.05) is 0 Å². The summed E-state index contributed by atoms with van der Waals surface area (Å²) in [6.07, 6.45) is 4.72. The number of likely N-dealkylation sites (N-methyl/N-ethyl adjacent to an activating group) is 1. The van der Waals surface area contributed by atoms with Crippen LogP contribution in [0.3, 0.4) is 0 Å². The van der Waals surface area contributed by atoms with E-state index in [2.05, 4.69) is 84.1 Å². The Balaban J connectivity index is 1.35. The van der Waals surface area contributed by atoms with Crippen molar-refractivity contribution >= 4 is 0 Å². The molecule has 3 aliphatic rings. The van der Waals surface area contributed by atoms with Crippen LogP contribution >= 0.6 is 0 Å². The molecular formula is C31H60FN3O3. The molecule has 0 bridgehead atoms. The molecule has 0 aromatic carbocycles. The van der Waals surface area contributed by atoms with Crippen LogP contribution in [0.25, 0.3) is 0 Å². The Labute approximate surface area is 233 Å². The van der Waals surface area contributed by atoms with Crippen LogP contribution in [0.15, 0.2) is 0 Å². The van der Waals surface area contributed by atoms with Gasteiger partial charge in [-0.25, -0.2) is 4.39 Å². The van der Waals surface area contributed by atoms with E-state index in [-0.39, 0.29) is 28.3 Å². The summed E-state index contributed by atoms with van der Waals surface area (Å²) in [6, 6.07) is 0.825. The van der Waals surface area contributed by atoms with Crippen molar-refractivity contribution in [2.45, 2.75) is 135 Å². The number of hydrogen-bond donors (Lipinski definition) is 0. The lowest BCUT2D eigenvalue weighted by Gasteiger charge is -2.46. The molecule has 38 heavy (non-hydrogen) atoms. The minimum Gasteiger partial charge on any atom is -0.374 e. The molecule has 3 saturated heterocycles. The molecule has 6 nitrogen and oxygen atoms in total.